The number of amides is 4. The molecule has 254 valence electrons. The molecule has 46 heavy (non-hydrogen) atoms. The Hall–Kier alpha value is -3.34. The van der Waals surface area contributed by atoms with Crippen molar-refractivity contribution in [2.24, 2.45) is 10.8 Å². The first-order valence-corrected chi connectivity index (χ1v) is 17.2. The Bertz CT molecular complexity index is 1230. The van der Waals surface area contributed by atoms with Gasteiger partial charge in [0.25, 0.3) is 0 Å². The molecular formula is C35H53N5O6. The van der Waals surface area contributed by atoms with Gasteiger partial charge in [0, 0.05) is 51.4 Å². The van der Waals surface area contributed by atoms with Crippen molar-refractivity contribution in [3.05, 3.63) is 29.8 Å². The Morgan fingerprint density at radius 3 is 1.85 bits per heavy atom. The Kier molecular flexibility index (Phi) is 10.5. The molecule has 5 fully saturated rings. The zero-order valence-corrected chi connectivity index (χ0v) is 27.9. The Labute approximate surface area is 273 Å². The van der Waals surface area contributed by atoms with Crippen molar-refractivity contribution in [3.63, 3.8) is 0 Å². The first-order chi connectivity index (χ1) is 21.9. The molecule has 11 nitrogen and oxygen atoms in total. The molecule has 1 unspecified atom stereocenters. The first kappa shape index (κ1) is 34.0. The van der Waals surface area contributed by atoms with Crippen LogP contribution in [-0.2, 0) is 14.3 Å². The SMILES string of the molecule is CC(C)(C)OC(=O)N1CCC2(CC1)CCN(c1ccc(C3CCC(=O)NC3=O)cc1)CC2.O=C(O)N1CCC2(CCNCC2)CC1. The fourth-order valence-electron chi connectivity index (χ4n) is 7.79. The van der Waals surface area contributed by atoms with Gasteiger partial charge in [-0.3, -0.25) is 14.9 Å². The van der Waals surface area contributed by atoms with E-state index in [1.54, 1.807) is 4.90 Å². The summed E-state index contributed by atoms with van der Waals surface area (Å²) >= 11 is 0. The highest BCUT2D eigenvalue weighted by molar-refractivity contribution is 6.00. The third-order valence-corrected chi connectivity index (χ3v) is 11.0. The van der Waals surface area contributed by atoms with E-state index in [-0.39, 0.29) is 23.8 Å². The second kappa shape index (κ2) is 14.2. The highest BCUT2D eigenvalue weighted by Crippen LogP contribution is 2.43. The van der Waals surface area contributed by atoms with Crippen LogP contribution in [0.15, 0.2) is 24.3 Å². The van der Waals surface area contributed by atoms with Crippen LogP contribution in [-0.4, -0.2) is 96.9 Å². The van der Waals surface area contributed by atoms with Gasteiger partial charge in [0.2, 0.25) is 11.8 Å². The molecule has 2 spiro atoms. The van der Waals surface area contributed by atoms with E-state index < -0.39 is 11.7 Å². The molecule has 1 aromatic rings. The van der Waals surface area contributed by atoms with E-state index >= 15 is 0 Å². The minimum atomic E-state index is -0.756. The number of rotatable bonds is 2. The lowest BCUT2D eigenvalue weighted by Crippen LogP contribution is -2.49. The molecule has 1 atom stereocenters. The number of carbonyl (C=O) groups excluding carboxylic acids is 3. The summed E-state index contributed by atoms with van der Waals surface area (Å²) in [5, 5.41) is 14.6. The van der Waals surface area contributed by atoms with Crippen LogP contribution in [0.25, 0.3) is 0 Å². The van der Waals surface area contributed by atoms with Gasteiger partial charge in [-0.1, -0.05) is 12.1 Å². The number of imide groups is 1. The van der Waals surface area contributed by atoms with Gasteiger partial charge in [-0.05, 0) is 120 Å². The van der Waals surface area contributed by atoms with E-state index in [1.165, 1.54) is 18.5 Å². The molecule has 0 radical (unpaired) electrons. The van der Waals surface area contributed by atoms with Crippen LogP contribution in [0.2, 0.25) is 0 Å². The van der Waals surface area contributed by atoms with E-state index in [9.17, 15) is 19.2 Å². The van der Waals surface area contributed by atoms with Crippen LogP contribution in [0.4, 0.5) is 15.3 Å². The lowest BCUT2D eigenvalue weighted by Gasteiger charge is -2.47. The molecule has 1 aromatic carbocycles. The molecule has 6 rings (SSSR count). The fraction of sp³-hybridized carbons (Fsp3) is 0.714. The van der Waals surface area contributed by atoms with Crippen LogP contribution >= 0.6 is 0 Å². The summed E-state index contributed by atoms with van der Waals surface area (Å²) in [4.78, 5) is 52.4. The number of carboxylic acid groups (broad SMARTS) is 1. The molecule has 5 heterocycles. The van der Waals surface area contributed by atoms with E-state index in [0.29, 0.717) is 23.7 Å². The van der Waals surface area contributed by atoms with Crippen LogP contribution in [0.5, 0.6) is 0 Å². The van der Waals surface area contributed by atoms with Gasteiger partial charge in [0.1, 0.15) is 5.60 Å². The number of benzene rings is 1. The highest BCUT2D eigenvalue weighted by atomic mass is 16.6. The summed E-state index contributed by atoms with van der Waals surface area (Å²) in [5.41, 5.74) is 2.48. The third kappa shape index (κ3) is 8.52. The number of nitrogens with one attached hydrogen (secondary N) is 2. The maximum absolute atomic E-state index is 12.4. The lowest BCUT2D eigenvalue weighted by atomic mass is 9.71. The van der Waals surface area contributed by atoms with Crippen molar-refractivity contribution in [2.75, 3.05) is 57.3 Å². The largest absolute Gasteiger partial charge is 0.465 e. The van der Waals surface area contributed by atoms with Gasteiger partial charge in [0.05, 0.1) is 5.92 Å². The Morgan fingerprint density at radius 1 is 0.804 bits per heavy atom. The molecule has 4 amide bonds. The Morgan fingerprint density at radius 2 is 1.33 bits per heavy atom. The number of nitrogens with zero attached hydrogens (tertiary/aromatic N) is 3. The van der Waals surface area contributed by atoms with E-state index in [2.05, 4.69) is 27.7 Å². The van der Waals surface area contributed by atoms with Crippen LogP contribution in [0, 0.1) is 10.8 Å². The zero-order valence-electron chi connectivity index (χ0n) is 27.9. The maximum atomic E-state index is 12.4. The fourth-order valence-corrected chi connectivity index (χ4v) is 7.79. The standard InChI is InChI=1S/C25H35N3O4.C10H18N2O2/c1-24(2,3)32-23(31)28-16-12-25(13-17-28)10-14-27(15-11-25)19-6-4-18(5-7-19)20-8-9-21(29)26-22(20)30;13-9(14)12-7-3-10(4-8-12)1-5-11-6-2-10/h4-7,20H,8-17H2,1-3H3,(H,26,29,30);11H,1-8H2,(H,13,14). The van der Waals surface area contributed by atoms with Crippen molar-refractivity contribution in [1.82, 2.24) is 20.4 Å². The van der Waals surface area contributed by atoms with E-state index in [4.69, 9.17) is 9.84 Å². The zero-order chi connectivity index (χ0) is 33.0. The molecule has 3 N–H and O–H groups in total. The van der Waals surface area contributed by atoms with Crippen molar-refractivity contribution in [2.45, 2.75) is 96.5 Å². The van der Waals surface area contributed by atoms with E-state index in [1.807, 2.05) is 37.8 Å². The molecule has 0 saturated carbocycles. The first-order valence-electron chi connectivity index (χ1n) is 17.2. The van der Waals surface area contributed by atoms with Crippen LogP contribution in [0.3, 0.4) is 0 Å². The summed E-state index contributed by atoms with van der Waals surface area (Å²) in [7, 11) is 0. The molecule has 5 saturated heterocycles. The second-order valence-electron chi connectivity index (χ2n) is 15.1. The van der Waals surface area contributed by atoms with Crippen molar-refractivity contribution >= 4 is 29.7 Å². The Balaban J connectivity index is 0.000000247. The quantitative estimate of drug-likeness (QED) is 0.388. The van der Waals surface area contributed by atoms with Crippen LogP contribution in [0.1, 0.15) is 96.5 Å². The lowest BCUT2D eigenvalue weighted by molar-refractivity contribution is -0.134. The molecule has 5 aliphatic heterocycles. The van der Waals surface area contributed by atoms with Gasteiger partial charge in [-0.25, -0.2) is 9.59 Å². The molecule has 0 bridgehead atoms. The number of carbonyl (C=O) groups is 4. The molecule has 5 aliphatic rings. The van der Waals surface area contributed by atoms with Crippen LogP contribution < -0.4 is 15.5 Å². The summed E-state index contributed by atoms with van der Waals surface area (Å²) < 4.78 is 5.53. The average molecular weight is 640 g/mol. The van der Waals surface area contributed by atoms with E-state index in [0.717, 1.165) is 96.4 Å². The minimum absolute atomic E-state index is 0.179. The predicted octanol–water partition coefficient (Wildman–Crippen LogP) is 4.95. The molecule has 0 aromatic heterocycles. The summed E-state index contributed by atoms with van der Waals surface area (Å²) in [6, 6.07) is 8.25. The number of piperidine rings is 5. The summed E-state index contributed by atoms with van der Waals surface area (Å²) in [6.07, 6.45) is 8.92. The van der Waals surface area contributed by atoms with Gasteiger partial charge < -0.3 is 29.9 Å². The monoisotopic (exact) mass is 639 g/mol. The minimum Gasteiger partial charge on any atom is -0.465 e. The third-order valence-electron chi connectivity index (χ3n) is 11.0. The summed E-state index contributed by atoms with van der Waals surface area (Å²) in [5.74, 6) is -0.602. The number of hydrogen-bond acceptors (Lipinski definition) is 7. The van der Waals surface area contributed by atoms with Crippen molar-refractivity contribution < 1.29 is 29.0 Å². The molecule has 11 heteroatoms. The topological polar surface area (TPSA) is 132 Å². The van der Waals surface area contributed by atoms with Gasteiger partial charge in [-0.2, -0.15) is 0 Å². The van der Waals surface area contributed by atoms with Crippen molar-refractivity contribution in [3.8, 4) is 0 Å². The second-order valence-corrected chi connectivity index (χ2v) is 15.1. The number of ether oxygens (including phenoxy) is 1. The number of anilines is 1. The molecule has 0 aliphatic carbocycles. The molecular weight excluding hydrogens is 586 g/mol. The van der Waals surface area contributed by atoms with Crippen molar-refractivity contribution in [1.29, 1.82) is 0 Å². The van der Waals surface area contributed by atoms with Gasteiger partial charge in [0.15, 0.2) is 0 Å². The maximum Gasteiger partial charge on any atom is 0.410 e. The smallest absolute Gasteiger partial charge is 0.410 e. The van der Waals surface area contributed by atoms with Gasteiger partial charge >= 0.3 is 12.2 Å². The number of hydrogen-bond donors (Lipinski definition) is 3. The average Bonchev–Trinajstić information content (AvgIpc) is 3.02. The highest BCUT2D eigenvalue weighted by Gasteiger charge is 2.40. The summed E-state index contributed by atoms with van der Waals surface area (Å²) in [6.45, 7) is 12.9. The number of likely N-dealkylation sites (tertiary alicyclic amines) is 2. The van der Waals surface area contributed by atoms with Gasteiger partial charge in [-0.15, -0.1) is 0 Å². The predicted molar refractivity (Wildman–Crippen MR) is 176 cm³/mol. The normalized spacial score (nSPS) is 24.6.